The van der Waals surface area contributed by atoms with Crippen LogP contribution in [0.2, 0.25) is 0 Å². The van der Waals surface area contributed by atoms with E-state index in [9.17, 15) is 18.8 Å². The third kappa shape index (κ3) is 4.84. The molecule has 0 unspecified atom stereocenters. The molecular formula is C21H22F2N6O2. The van der Waals surface area contributed by atoms with E-state index in [1.54, 1.807) is 43.6 Å². The van der Waals surface area contributed by atoms with Gasteiger partial charge in [-0.3, -0.25) is 9.20 Å². The summed E-state index contributed by atoms with van der Waals surface area (Å²) < 4.78 is 34.9. The molecule has 0 radical (unpaired) electrons. The molecule has 0 fully saturated rings. The number of nitrogens with zero attached hydrogens (tertiary/aromatic N) is 4. The number of nitrogens with one attached hydrogen (secondary N) is 2. The number of aromatic nitrogens is 3. The lowest BCUT2D eigenvalue weighted by Gasteiger charge is -2.26. The Morgan fingerprint density at radius 1 is 1.26 bits per heavy atom. The van der Waals surface area contributed by atoms with E-state index < -0.39 is 23.2 Å². The Bertz CT molecular complexity index is 1120. The number of amides is 1. The molecule has 10 heteroatoms. The van der Waals surface area contributed by atoms with E-state index >= 15 is 0 Å². The van der Waals surface area contributed by atoms with Gasteiger partial charge in [0, 0.05) is 11.8 Å². The molecule has 3 rings (SSSR count). The number of ether oxygens (including phenoxy) is 1. The molecule has 31 heavy (non-hydrogen) atoms. The van der Waals surface area contributed by atoms with Gasteiger partial charge in [-0.25, -0.2) is 8.78 Å². The average Bonchev–Trinajstić information content (AvgIpc) is 3.17. The topological polar surface area (TPSA) is 104 Å². The van der Waals surface area contributed by atoms with E-state index in [0.717, 1.165) is 12.1 Å². The van der Waals surface area contributed by atoms with Crippen LogP contribution in [0.3, 0.4) is 0 Å². The minimum atomic E-state index is -0.895. The predicted octanol–water partition coefficient (Wildman–Crippen LogP) is 2.25. The standard InChI is InChI=1S/C21H22F2N6O2/c1-21(2,25-3)20(30)26-17(12-31-11-14-15(22)5-4-6-16(14)23)19-28-27-18-8-7-13(9-24)10-29(18)19/h4-8,10,17,25H,11-12H2,1-3H3,(H,26,30)/t17-/m1/s1. The Labute approximate surface area is 177 Å². The maximum atomic E-state index is 13.9. The van der Waals surface area contributed by atoms with Gasteiger partial charge in [0.05, 0.1) is 24.3 Å². The number of rotatable bonds is 8. The number of pyridine rings is 1. The number of carbonyl (C=O) groups excluding carboxylic acids is 1. The predicted molar refractivity (Wildman–Crippen MR) is 108 cm³/mol. The lowest BCUT2D eigenvalue weighted by molar-refractivity contribution is -0.127. The van der Waals surface area contributed by atoms with Crippen molar-refractivity contribution in [1.29, 1.82) is 5.26 Å². The number of carbonyl (C=O) groups is 1. The number of fused-ring (bicyclic) bond motifs is 1. The minimum Gasteiger partial charge on any atom is -0.374 e. The maximum absolute atomic E-state index is 13.9. The van der Waals surface area contributed by atoms with Crippen molar-refractivity contribution < 1.29 is 18.3 Å². The van der Waals surface area contributed by atoms with Gasteiger partial charge in [-0.1, -0.05) is 6.07 Å². The van der Waals surface area contributed by atoms with Crippen LogP contribution in [-0.4, -0.2) is 39.7 Å². The zero-order valence-electron chi connectivity index (χ0n) is 17.3. The molecular weight excluding hydrogens is 406 g/mol. The van der Waals surface area contributed by atoms with Crippen LogP contribution in [0.25, 0.3) is 5.65 Å². The third-order valence-electron chi connectivity index (χ3n) is 4.96. The zero-order chi connectivity index (χ0) is 22.6. The van der Waals surface area contributed by atoms with E-state index in [1.807, 2.05) is 6.07 Å². The summed E-state index contributed by atoms with van der Waals surface area (Å²) in [7, 11) is 1.65. The van der Waals surface area contributed by atoms with Crippen molar-refractivity contribution in [3.8, 4) is 6.07 Å². The van der Waals surface area contributed by atoms with Gasteiger partial charge in [0.25, 0.3) is 0 Å². The van der Waals surface area contributed by atoms with Gasteiger partial charge in [-0.15, -0.1) is 10.2 Å². The Hall–Kier alpha value is -3.42. The van der Waals surface area contributed by atoms with Crippen LogP contribution >= 0.6 is 0 Å². The summed E-state index contributed by atoms with van der Waals surface area (Å²) in [6.07, 6.45) is 1.55. The monoisotopic (exact) mass is 428 g/mol. The van der Waals surface area contributed by atoms with Gasteiger partial charge in [-0.2, -0.15) is 5.26 Å². The smallest absolute Gasteiger partial charge is 0.240 e. The SMILES string of the molecule is CNC(C)(C)C(=O)N[C@H](COCc1c(F)cccc1F)c1nnc2ccc(C#N)cn12. The fourth-order valence-electron chi connectivity index (χ4n) is 2.79. The molecule has 2 aromatic heterocycles. The van der Waals surface area contributed by atoms with Gasteiger partial charge < -0.3 is 15.4 Å². The number of hydrogen-bond donors (Lipinski definition) is 2. The van der Waals surface area contributed by atoms with Gasteiger partial charge >= 0.3 is 0 Å². The Kier molecular flexibility index (Phi) is 6.58. The second kappa shape index (κ2) is 9.16. The first-order valence-electron chi connectivity index (χ1n) is 9.52. The van der Waals surface area contributed by atoms with Crippen molar-refractivity contribution >= 4 is 11.6 Å². The first kappa shape index (κ1) is 22.3. The summed E-state index contributed by atoms with van der Waals surface area (Å²) in [6, 6.07) is 8.03. The quantitative estimate of drug-likeness (QED) is 0.570. The van der Waals surface area contributed by atoms with Crippen LogP contribution in [0.4, 0.5) is 8.78 Å². The summed E-state index contributed by atoms with van der Waals surface area (Å²) in [5, 5.41) is 23.1. The van der Waals surface area contributed by atoms with Crippen LogP contribution < -0.4 is 10.6 Å². The molecule has 1 aromatic carbocycles. The molecule has 2 heterocycles. The summed E-state index contributed by atoms with van der Waals surface area (Å²) in [5.41, 5.74) is -0.250. The molecule has 1 amide bonds. The summed E-state index contributed by atoms with van der Waals surface area (Å²) in [4.78, 5) is 12.7. The highest BCUT2D eigenvalue weighted by atomic mass is 19.1. The molecule has 0 aliphatic rings. The number of benzene rings is 1. The number of hydrogen-bond acceptors (Lipinski definition) is 6. The first-order chi connectivity index (χ1) is 14.8. The van der Waals surface area contributed by atoms with E-state index in [1.165, 1.54) is 6.07 Å². The number of halogens is 2. The van der Waals surface area contributed by atoms with Crippen molar-refractivity contribution in [2.45, 2.75) is 32.0 Å². The number of nitriles is 1. The normalized spacial score (nSPS) is 12.5. The van der Waals surface area contributed by atoms with Gasteiger partial charge in [0.1, 0.15) is 23.7 Å². The molecule has 1 atom stereocenters. The van der Waals surface area contributed by atoms with Crippen molar-refractivity contribution in [2.24, 2.45) is 0 Å². The Morgan fingerprint density at radius 3 is 2.61 bits per heavy atom. The highest BCUT2D eigenvalue weighted by Gasteiger charge is 2.30. The van der Waals surface area contributed by atoms with Gasteiger partial charge in [0.2, 0.25) is 5.91 Å². The summed E-state index contributed by atoms with van der Waals surface area (Å²) >= 11 is 0. The van der Waals surface area contributed by atoms with E-state index in [4.69, 9.17) is 4.74 Å². The molecule has 3 aromatic rings. The largest absolute Gasteiger partial charge is 0.374 e. The van der Waals surface area contributed by atoms with E-state index in [0.29, 0.717) is 17.0 Å². The molecule has 2 N–H and O–H groups in total. The molecule has 162 valence electrons. The first-order valence-corrected chi connectivity index (χ1v) is 9.52. The molecule has 0 aliphatic carbocycles. The lowest BCUT2D eigenvalue weighted by Crippen LogP contribution is -2.52. The second-order valence-electron chi connectivity index (χ2n) is 7.43. The van der Waals surface area contributed by atoms with Crippen molar-refractivity contribution in [3.05, 3.63) is 65.1 Å². The molecule has 0 saturated carbocycles. The summed E-state index contributed by atoms with van der Waals surface area (Å²) in [6.45, 7) is 2.94. The van der Waals surface area contributed by atoms with E-state index in [2.05, 4.69) is 20.8 Å². The zero-order valence-corrected chi connectivity index (χ0v) is 17.3. The molecule has 0 spiro atoms. The molecule has 0 aliphatic heterocycles. The molecule has 0 bridgehead atoms. The second-order valence-corrected chi connectivity index (χ2v) is 7.43. The lowest BCUT2D eigenvalue weighted by atomic mass is 10.0. The maximum Gasteiger partial charge on any atom is 0.240 e. The fraction of sp³-hybridized carbons (Fsp3) is 0.333. The average molecular weight is 428 g/mol. The van der Waals surface area contributed by atoms with Crippen LogP contribution in [0.15, 0.2) is 36.5 Å². The molecule has 0 saturated heterocycles. The minimum absolute atomic E-state index is 0.128. The van der Waals surface area contributed by atoms with Crippen molar-refractivity contribution in [2.75, 3.05) is 13.7 Å². The molecule has 8 nitrogen and oxygen atoms in total. The van der Waals surface area contributed by atoms with Crippen LogP contribution in [-0.2, 0) is 16.1 Å². The van der Waals surface area contributed by atoms with Crippen LogP contribution in [0.1, 0.15) is 36.8 Å². The van der Waals surface area contributed by atoms with Crippen LogP contribution in [0.5, 0.6) is 0 Å². The van der Waals surface area contributed by atoms with Crippen molar-refractivity contribution in [1.82, 2.24) is 25.2 Å². The highest BCUT2D eigenvalue weighted by Crippen LogP contribution is 2.18. The summed E-state index contributed by atoms with van der Waals surface area (Å²) in [5.74, 6) is -1.46. The van der Waals surface area contributed by atoms with Gasteiger partial charge in [-0.05, 0) is 45.2 Å². The Morgan fingerprint density at radius 2 is 1.97 bits per heavy atom. The van der Waals surface area contributed by atoms with E-state index in [-0.39, 0.29) is 24.7 Å². The van der Waals surface area contributed by atoms with Crippen LogP contribution in [0, 0.1) is 23.0 Å². The fourth-order valence-corrected chi connectivity index (χ4v) is 2.79. The third-order valence-corrected chi connectivity index (χ3v) is 4.96. The number of likely N-dealkylation sites (N-methyl/N-ethyl adjacent to an activating group) is 1. The van der Waals surface area contributed by atoms with Crippen molar-refractivity contribution in [3.63, 3.8) is 0 Å². The highest BCUT2D eigenvalue weighted by molar-refractivity contribution is 5.85. The Balaban J connectivity index is 1.88. The van der Waals surface area contributed by atoms with Gasteiger partial charge in [0.15, 0.2) is 11.5 Å².